The minimum atomic E-state index is 0.794. The molecule has 112 valence electrons. The fourth-order valence-corrected chi connectivity index (χ4v) is 1.61. The van der Waals surface area contributed by atoms with Gasteiger partial charge in [0.2, 0.25) is 0 Å². The number of rotatable bonds is 12. The molecule has 0 saturated heterocycles. The van der Waals surface area contributed by atoms with E-state index in [2.05, 4.69) is 12.2 Å². The van der Waals surface area contributed by atoms with E-state index in [9.17, 15) is 0 Å². The first-order valence-electron chi connectivity index (χ1n) is 7.37. The van der Waals surface area contributed by atoms with Crippen LogP contribution in [0.2, 0.25) is 0 Å². The predicted octanol–water partition coefficient (Wildman–Crippen LogP) is 4.44. The summed E-state index contributed by atoms with van der Waals surface area (Å²) in [7, 11) is 0. The lowest BCUT2D eigenvalue weighted by molar-refractivity contribution is 0.145. The maximum Gasteiger partial charge on any atom is 0.0965 e. The van der Waals surface area contributed by atoms with Gasteiger partial charge in [0.1, 0.15) is 0 Å². The van der Waals surface area contributed by atoms with Gasteiger partial charge >= 0.3 is 0 Å². The quantitative estimate of drug-likeness (QED) is 0.387. The lowest BCUT2D eigenvalue weighted by Gasteiger charge is -2.06. The van der Waals surface area contributed by atoms with Gasteiger partial charge in [-0.25, -0.2) is 0 Å². The maximum atomic E-state index is 5.70. The smallest absolute Gasteiger partial charge is 0.0965 e. The van der Waals surface area contributed by atoms with Gasteiger partial charge in [0.05, 0.1) is 11.5 Å². The van der Waals surface area contributed by atoms with Crippen LogP contribution in [0.1, 0.15) is 53.4 Å². The van der Waals surface area contributed by atoms with Crippen molar-refractivity contribution in [2.45, 2.75) is 53.4 Å². The molecule has 0 aliphatic rings. The van der Waals surface area contributed by atoms with Gasteiger partial charge < -0.3 is 14.2 Å². The normalized spacial score (nSPS) is 12.8. The van der Waals surface area contributed by atoms with Crippen molar-refractivity contribution in [3.05, 3.63) is 23.7 Å². The Morgan fingerprint density at radius 1 is 0.789 bits per heavy atom. The van der Waals surface area contributed by atoms with E-state index in [0.717, 1.165) is 63.6 Å². The summed E-state index contributed by atoms with van der Waals surface area (Å²) in [4.78, 5) is 0. The topological polar surface area (TPSA) is 27.7 Å². The molecule has 19 heavy (non-hydrogen) atoms. The van der Waals surface area contributed by atoms with Crippen molar-refractivity contribution in [2.24, 2.45) is 0 Å². The largest absolute Gasteiger partial charge is 0.467 e. The zero-order valence-electron chi connectivity index (χ0n) is 13.0. The molecule has 0 rings (SSSR count). The molecule has 0 aliphatic carbocycles. The van der Waals surface area contributed by atoms with Gasteiger partial charge in [-0.3, -0.25) is 0 Å². The Balaban J connectivity index is 3.68. The average molecular weight is 270 g/mol. The number of hydrogen-bond donors (Lipinski definition) is 0. The third-order valence-electron chi connectivity index (χ3n) is 2.58. The molecule has 0 amide bonds. The fourth-order valence-electron chi connectivity index (χ4n) is 1.61. The van der Waals surface area contributed by atoms with Crippen LogP contribution in [0.5, 0.6) is 0 Å². The summed E-state index contributed by atoms with van der Waals surface area (Å²) in [5.41, 5.74) is 0. The molecule has 3 heteroatoms. The van der Waals surface area contributed by atoms with E-state index in [1.165, 1.54) is 0 Å². The lowest BCUT2D eigenvalue weighted by atomic mass is 10.3. The maximum absolute atomic E-state index is 5.70. The van der Waals surface area contributed by atoms with Crippen LogP contribution >= 0.6 is 0 Å². The Bertz CT molecular complexity index is 231. The molecular formula is C16H30O3. The highest BCUT2D eigenvalue weighted by Gasteiger charge is 1.94. The highest BCUT2D eigenvalue weighted by atomic mass is 16.5. The van der Waals surface area contributed by atoms with Gasteiger partial charge in [0.25, 0.3) is 0 Å². The highest BCUT2D eigenvalue weighted by Crippen LogP contribution is 2.08. The Kier molecular flexibility index (Phi) is 13.1. The van der Waals surface area contributed by atoms with E-state index in [4.69, 9.17) is 14.2 Å². The first-order valence-corrected chi connectivity index (χ1v) is 7.37. The number of hydrogen-bond acceptors (Lipinski definition) is 3. The van der Waals surface area contributed by atoms with Crippen LogP contribution in [-0.2, 0) is 14.2 Å². The van der Waals surface area contributed by atoms with Gasteiger partial charge in [-0.1, -0.05) is 0 Å². The van der Waals surface area contributed by atoms with E-state index in [1.54, 1.807) is 0 Å². The van der Waals surface area contributed by atoms with Crippen molar-refractivity contribution in [1.29, 1.82) is 0 Å². The molecule has 0 atom stereocenters. The zero-order valence-corrected chi connectivity index (χ0v) is 13.0. The highest BCUT2D eigenvalue weighted by molar-refractivity contribution is 4.97. The van der Waals surface area contributed by atoms with Gasteiger partial charge in [-0.15, -0.1) is 0 Å². The molecule has 0 heterocycles. The van der Waals surface area contributed by atoms with Crippen LogP contribution < -0.4 is 0 Å². The van der Waals surface area contributed by atoms with Crippen LogP contribution in [0.15, 0.2) is 23.7 Å². The van der Waals surface area contributed by atoms with E-state index in [1.807, 2.05) is 27.7 Å². The van der Waals surface area contributed by atoms with Gasteiger partial charge in [0, 0.05) is 26.4 Å². The molecule has 0 fully saturated rings. The van der Waals surface area contributed by atoms with E-state index in [-0.39, 0.29) is 0 Å². The van der Waals surface area contributed by atoms with Crippen molar-refractivity contribution in [3.8, 4) is 0 Å². The zero-order chi connectivity index (χ0) is 14.3. The van der Waals surface area contributed by atoms with Gasteiger partial charge in [-0.05, 0) is 65.5 Å². The molecule has 0 saturated carbocycles. The third-order valence-corrected chi connectivity index (χ3v) is 2.58. The summed E-state index contributed by atoms with van der Waals surface area (Å²) >= 11 is 0. The fraction of sp³-hybridized carbons (Fsp3) is 0.750. The minimum Gasteiger partial charge on any atom is -0.467 e. The van der Waals surface area contributed by atoms with E-state index >= 15 is 0 Å². The summed E-state index contributed by atoms with van der Waals surface area (Å²) < 4.78 is 16.3. The predicted molar refractivity (Wildman–Crippen MR) is 80.1 cm³/mol. The molecule has 0 spiro atoms. The molecule has 0 bridgehead atoms. The summed E-state index contributed by atoms with van der Waals surface area (Å²) in [6.07, 6.45) is 8.34. The third kappa shape index (κ3) is 13.4. The molecular weight excluding hydrogens is 240 g/mol. The molecule has 0 radical (unpaired) electrons. The van der Waals surface area contributed by atoms with Crippen LogP contribution in [0, 0.1) is 0 Å². The Labute approximate surface area is 118 Å². The first kappa shape index (κ1) is 18.2. The first-order chi connectivity index (χ1) is 9.20. The molecule has 0 N–H and O–H groups in total. The monoisotopic (exact) mass is 270 g/mol. The summed E-state index contributed by atoms with van der Waals surface area (Å²) in [6.45, 7) is 11.3. The van der Waals surface area contributed by atoms with Crippen LogP contribution in [-0.4, -0.2) is 26.4 Å². The Morgan fingerprint density at radius 3 is 1.58 bits per heavy atom. The van der Waals surface area contributed by atoms with Gasteiger partial charge in [-0.2, -0.15) is 0 Å². The molecule has 0 unspecified atom stereocenters. The van der Waals surface area contributed by atoms with E-state index in [0.29, 0.717) is 0 Å². The molecule has 0 aromatic rings. The SMILES string of the molecule is CCOCCCC=C(C)OC(C)=CCCCOCC. The van der Waals surface area contributed by atoms with E-state index < -0.39 is 0 Å². The summed E-state index contributed by atoms with van der Waals surface area (Å²) in [5.74, 6) is 1.94. The second-order valence-corrected chi connectivity index (χ2v) is 4.41. The Morgan fingerprint density at radius 2 is 1.21 bits per heavy atom. The second kappa shape index (κ2) is 13.6. The van der Waals surface area contributed by atoms with Crippen molar-refractivity contribution in [2.75, 3.05) is 26.4 Å². The number of allylic oxidation sites excluding steroid dienone is 4. The average Bonchev–Trinajstić information content (AvgIpc) is 2.38. The summed E-state index contributed by atoms with van der Waals surface area (Å²) in [5, 5.41) is 0. The molecule has 0 aliphatic heterocycles. The standard InChI is InChI=1S/C16H30O3/c1-5-17-13-9-7-11-15(3)19-16(4)12-8-10-14-18-6-2/h11-12H,5-10,13-14H2,1-4H3. The summed E-state index contributed by atoms with van der Waals surface area (Å²) in [6, 6.07) is 0. The van der Waals surface area contributed by atoms with Crippen molar-refractivity contribution < 1.29 is 14.2 Å². The van der Waals surface area contributed by atoms with Crippen molar-refractivity contribution in [1.82, 2.24) is 0 Å². The van der Waals surface area contributed by atoms with Crippen molar-refractivity contribution >= 4 is 0 Å². The lowest BCUT2D eigenvalue weighted by Crippen LogP contribution is -1.93. The van der Waals surface area contributed by atoms with Crippen LogP contribution in [0.25, 0.3) is 0 Å². The molecule has 0 aromatic carbocycles. The van der Waals surface area contributed by atoms with Crippen molar-refractivity contribution in [3.63, 3.8) is 0 Å². The Hall–Kier alpha value is -0.800. The van der Waals surface area contributed by atoms with Crippen LogP contribution in [0.4, 0.5) is 0 Å². The molecule has 0 aromatic heterocycles. The van der Waals surface area contributed by atoms with Gasteiger partial charge in [0.15, 0.2) is 0 Å². The molecule has 3 nitrogen and oxygen atoms in total. The second-order valence-electron chi connectivity index (χ2n) is 4.41. The number of unbranched alkanes of at least 4 members (excludes halogenated alkanes) is 2. The number of ether oxygens (including phenoxy) is 3. The minimum absolute atomic E-state index is 0.794. The van der Waals surface area contributed by atoms with Crippen LogP contribution in [0.3, 0.4) is 0 Å².